The number of aromatic nitrogens is 4. The largest absolute Gasteiger partial charge is 0.393 e. The molecule has 5 heteroatoms. The third-order valence-corrected chi connectivity index (χ3v) is 11.6. The summed E-state index contributed by atoms with van der Waals surface area (Å²) in [5, 5.41) is 0. The maximum atomic E-state index is 2.65. The molecule has 0 radical (unpaired) electrons. The van der Waals surface area contributed by atoms with E-state index in [-0.39, 0.29) is 0 Å². The van der Waals surface area contributed by atoms with Gasteiger partial charge in [0.05, 0.1) is 12.4 Å². The van der Waals surface area contributed by atoms with Crippen LogP contribution in [-0.2, 0) is 19.3 Å². The van der Waals surface area contributed by atoms with Crippen molar-refractivity contribution in [1.82, 2.24) is 9.13 Å². The zero-order valence-corrected chi connectivity index (χ0v) is 28.5. The van der Waals surface area contributed by atoms with Crippen LogP contribution in [-0.4, -0.2) is 15.6 Å². The molecule has 46 heavy (non-hydrogen) atoms. The van der Waals surface area contributed by atoms with Crippen molar-refractivity contribution in [1.29, 1.82) is 0 Å². The smallest absolute Gasteiger partial charge is 0.386 e. The van der Waals surface area contributed by atoms with Crippen molar-refractivity contribution in [2.75, 3.05) is 0 Å². The molecule has 7 rings (SSSR count). The lowest BCUT2D eigenvalue weighted by molar-refractivity contribution is -0.695. The average Bonchev–Trinajstić information content (AvgIpc) is 3.74. The Morgan fingerprint density at radius 3 is 1.76 bits per heavy atom. The highest BCUT2D eigenvalue weighted by atomic mass is 15.2. The van der Waals surface area contributed by atoms with Gasteiger partial charge in [-0.25, -0.2) is 9.13 Å². The van der Waals surface area contributed by atoms with Gasteiger partial charge in [0.2, 0.25) is 12.7 Å². The van der Waals surface area contributed by atoms with Crippen LogP contribution in [0.25, 0.3) is 11.4 Å². The fraction of sp³-hybridized carbons (Fsp3) is 0.415. The number of hydrogen-bond donors (Lipinski definition) is 0. The summed E-state index contributed by atoms with van der Waals surface area (Å²) in [5.41, 5.74) is 9.67. The van der Waals surface area contributed by atoms with E-state index in [0.717, 1.165) is 19.3 Å². The van der Waals surface area contributed by atoms with Gasteiger partial charge in [0.25, 0.3) is 0 Å². The van der Waals surface area contributed by atoms with Crippen LogP contribution < -0.4 is 8.96 Å². The van der Waals surface area contributed by atoms with Crippen molar-refractivity contribution in [3.8, 4) is 11.4 Å². The van der Waals surface area contributed by atoms with E-state index in [1.54, 1.807) is 0 Å². The van der Waals surface area contributed by atoms with Gasteiger partial charge in [0.1, 0.15) is 23.8 Å². The zero-order chi connectivity index (χ0) is 31.7. The number of rotatable bonds is 10. The molecule has 2 fully saturated rings. The number of fused-ring (bicyclic) bond motifs is 2. The molecule has 238 valence electrons. The van der Waals surface area contributed by atoms with E-state index in [1.165, 1.54) is 84.1 Å². The first kappa shape index (κ1) is 30.8. The molecule has 2 saturated heterocycles. The van der Waals surface area contributed by atoms with E-state index < -0.39 is 6.42 Å². The first-order valence-corrected chi connectivity index (χ1v) is 18.0. The van der Waals surface area contributed by atoms with Crippen molar-refractivity contribution in [3.63, 3.8) is 0 Å². The molecule has 0 N–H and O–H groups in total. The summed E-state index contributed by atoms with van der Waals surface area (Å²) in [6, 6.07) is 25.0. The van der Waals surface area contributed by atoms with Gasteiger partial charge in [-0.15, -0.1) is 0 Å². The predicted molar refractivity (Wildman–Crippen MR) is 190 cm³/mol. The molecule has 0 amide bonds. The van der Waals surface area contributed by atoms with Gasteiger partial charge in [-0.05, 0) is 97.5 Å². The SMILES string of the molecule is Cc1cc(-n2cc[n+]([B-]3([n+]4ccn(-c5ccc(CC(C)C)c(C)c5)c4)C4CCCC3CCC4)c2)ccc1CCCc1ccccc1. The third-order valence-electron chi connectivity index (χ3n) is 11.6. The molecule has 5 aromatic rings. The van der Waals surface area contributed by atoms with E-state index in [0.29, 0.717) is 17.6 Å². The summed E-state index contributed by atoms with van der Waals surface area (Å²) in [4.78, 5) is 0. The molecule has 0 saturated carbocycles. The molecule has 0 aliphatic carbocycles. The van der Waals surface area contributed by atoms with E-state index in [9.17, 15) is 0 Å². The molecule has 2 aliphatic heterocycles. The Hall–Kier alpha value is -3.86. The molecule has 2 bridgehead atoms. The van der Waals surface area contributed by atoms with Crippen molar-refractivity contribution < 1.29 is 8.96 Å². The second-order valence-electron chi connectivity index (χ2n) is 15.0. The summed E-state index contributed by atoms with van der Waals surface area (Å²) < 4.78 is 10.0. The van der Waals surface area contributed by atoms with Gasteiger partial charge in [-0.1, -0.05) is 106 Å². The number of benzene rings is 3. The Morgan fingerprint density at radius 2 is 1.24 bits per heavy atom. The van der Waals surface area contributed by atoms with Crippen LogP contribution >= 0.6 is 0 Å². The highest BCUT2D eigenvalue weighted by Crippen LogP contribution is 2.49. The molecule has 3 aromatic carbocycles. The van der Waals surface area contributed by atoms with E-state index in [4.69, 9.17) is 0 Å². The van der Waals surface area contributed by atoms with Crippen LogP contribution in [0.2, 0.25) is 11.6 Å². The van der Waals surface area contributed by atoms with Crippen LogP contribution in [0, 0.1) is 19.8 Å². The Kier molecular flexibility index (Phi) is 8.77. The summed E-state index contributed by atoms with van der Waals surface area (Å²) in [7, 11) is 0. The molecule has 0 atom stereocenters. The summed E-state index contributed by atoms with van der Waals surface area (Å²) >= 11 is 0. The van der Waals surface area contributed by atoms with Crippen molar-refractivity contribution in [3.05, 3.63) is 132 Å². The van der Waals surface area contributed by atoms with Gasteiger partial charge in [0.15, 0.2) is 0 Å². The summed E-state index contributed by atoms with van der Waals surface area (Å²) in [5.74, 6) is 2.05. The maximum Gasteiger partial charge on any atom is 0.386 e. The van der Waals surface area contributed by atoms with E-state index in [2.05, 4.69) is 150 Å². The van der Waals surface area contributed by atoms with Crippen LogP contribution in [0.5, 0.6) is 0 Å². The molecule has 4 heterocycles. The quantitative estimate of drug-likeness (QED) is 0.141. The van der Waals surface area contributed by atoms with Crippen molar-refractivity contribution in [2.45, 2.75) is 104 Å². The lowest BCUT2D eigenvalue weighted by Gasteiger charge is -2.52. The van der Waals surface area contributed by atoms with Crippen molar-refractivity contribution >= 4 is 6.42 Å². The summed E-state index contributed by atoms with van der Waals surface area (Å²) in [6.07, 6.45) is 25.8. The number of imidazole rings is 2. The Morgan fingerprint density at radius 1 is 0.696 bits per heavy atom. The molecular formula is C41H52BN4+. The topological polar surface area (TPSA) is 17.6 Å². The Balaban J connectivity index is 1.18. The minimum atomic E-state index is -1.00. The van der Waals surface area contributed by atoms with Crippen LogP contribution in [0.1, 0.15) is 86.6 Å². The lowest BCUT2D eigenvalue weighted by atomic mass is 9.24. The molecule has 2 aromatic heterocycles. The van der Waals surface area contributed by atoms with E-state index in [1.807, 2.05) is 0 Å². The zero-order valence-electron chi connectivity index (χ0n) is 28.5. The average molecular weight is 612 g/mol. The number of aryl methyl sites for hydroxylation is 4. The lowest BCUT2D eigenvalue weighted by Crippen LogP contribution is -2.86. The highest BCUT2D eigenvalue weighted by Gasteiger charge is 2.56. The molecular weight excluding hydrogens is 559 g/mol. The minimum absolute atomic E-state index is 0.669. The van der Waals surface area contributed by atoms with Gasteiger partial charge >= 0.3 is 6.42 Å². The van der Waals surface area contributed by atoms with Gasteiger partial charge in [-0.3, -0.25) is 0 Å². The van der Waals surface area contributed by atoms with Crippen LogP contribution in [0.4, 0.5) is 0 Å². The standard InChI is InChI=1S/C41H52BN4/c1-32(2)27-37-20-22-41(29-34(37)4)44-24-26-46(31-44)42(38-15-9-16-39(42)18-10-17-38)45-25-23-43(30-45)40-21-19-36(33(3)28-40)14-8-13-35-11-6-5-7-12-35/h5-7,11-12,19-26,28-32,38-39H,8-10,13-18,27H2,1-4H3/q+1. The van der Waals surface area contributed by atoms with Crippen molar-refractivity contribution in [2.24, 2.45) is 5.92 Å². The monoisotopic (exact) mass is 611 g/mol. The highest BCUT2D eigenvalue weighted by molar-refractivity contribution is 6.66. The first-order chi connectivity index (χ1) is 22.4. The number of nitrogens with zero attached hydrogens (tertiary/aromatic N) is 4. The minimum Gasteiger partial charge on any atom is -0.393 e. The van der Waals surface area contributed by atoms with Gasteiger partial charge < -0.3 is 8.96 Å². The second-order valence-corrected chi connectivity index (χ2v) is 15.0. The molecule has 0 unspecified atom stereocenters. The van der Waals surface area contributed by atoms with Gasteiger partial charge in [0, 0.05) is 0 Å². The predicted octanol–water partition coefficient (Wildman–Crippen LogP) is 8.78. The fourth-order valence-electron chi connectivity index (χ4n) is 9.36. The summed E-state index contributed by atoms with van der Waals surface area (Å²) in [6.45, 7) is 9.17. The third kappa shape index (κ3) is 5.90. The number of hydrogen-bond acceptors (Lipinski definition) is 0. The Labute approximate surface area is 276 Å². The Bertz CT molecular complexity index is 1760. The van der Waals surface area contributed by atoms with Crippen LogP contribution in [0.3, 0.4) is 0 Å². The van der Waals surface area contributed by atoms with E-state index >= 15 is 0 Å². The van der Waals surface area contributed by atoms with Gasteiger partial charge in [-0.2, -0.15) is 0 Å². The molecule has 0 spiro atoms. The molecule has 4 nitrogen and oxygen atoms in total. The van der Waals surface area contributed by atoms with Crippen LogP contribution in [0.15, 0.2) is 104 Å². The molecule has 2 aliphatic rings. The first-order valence-electron chi connectivity index (χ1n) is 18.0. The normalized spacial score (nSPS) is 21.2. The second kappa shape index (κ2) is 13.1. The maximum absolute atomic E-state index is 2.65. The fourth-order valence-corrected chi connectivity index (χ4v) is 9.36.